The van der Waals surface area contributed by atoms with Gasteiger partial charge in [-0.3, -0.25) is 4.99 Å². The molecule has 0 aromatic heterocycles. The molecule has 2 aromatic rings. The molecule has 3 nitrogen and oxygen atoms in total. The molecule has 108 valence electrons. The van der Waals surface area contributed by atoms with Crippen molar-refractivity contribution >= 4 is 50.8 Å². The van der Waals surface area contributed by atoms with Crippen molar-refractivity contribution < 1.29 is 0 Å². The minimum atomic E-state index is 0.0387. The van der Waals surface area contributed by atoms with Gasteiger partial charge in [0.2, 0.25) is 0 Å². The quantitative estimate of drug-likeness (QED) is 0.819. The number of nitrogens with zero attached hydrogens (tertiary/aromatic N) is 2. The first-order valence-corrected chi connectivity index (χ1v) is 7.91. The molecule has 0 spiro atoms. The number of guanidine groups is 1. The van der Waals surface area contributed by atoms with E-state index in [1.165, 1.54) is 0 Å². The minimum absolute atomic E-state index is 0.0387. The smallest absolute Gasteiger partial charge is 0.196 e. The molecule has 0 radical (unpaired) electrons. The fourth-order valence-electron chi connectivity index (χ4n) is 2.41. The normalized spacial score (nSPS) is 18.0. The molecule has 1 unspecified atom stereocenters. The van der Waals surface area contributed by atoms with E-state index in [4.69, 9.17) is 28.9 Å². The van der Waals surface area contributed by atoms with Gasteiger partial charge in [-0.2, -0.15) is 0 Å². The zero-order chi connectivity index (χ0) is 15.0. The molecule has 0 saturated heterocycles. The molecule has 0 amide bonds. The summed E-state index contributed by atoms with van der Waals surface area (Å²) in [6, 6.07) is 13.5. The number of halogens is 3. The maximum atomic E-state index is 6.09. The van der Waals surface area contributed by atoms with Crippen molar-refractivity contribution in [2.75, 3.05) is 11.4 Å². The summed E-state index contributed by atoms with van der Waals surface area (Å²) in [5.41, 5.74) is 8.08. The summed E-state index contributed by atoms with van der Waals surface area (Å²) >= 11 is 15.6. The Bertz CT molecular complexity index is 718. The van der Waals surface area contributed by atoms with Gasteiger partial charge < -0.3 is 10.6 Å². The predicted molar refractivity (Wildman–Crippen MR) is 92.3 cm³/mol. The van der Waals surface area contributed by atoms with Crippen LogP contribution in [-0.4, -0.2) is 12.5 Å². The number of benzene rings is 2. The predicted octanol–water partition coefficient (Wildman–Crippen LogP) is 4.63. The maximum Gasteiger partial charge on any atom is 0.196 e. The van der Waals surface area contributed by atoms with Gasteiger partial charge in [0.25, 0.3) is 0 Å². The van der Waals surface area contributed by atoms with E-state index < -0.39 is 0 Å². The Labute approximate surface area is 141 Å². The van der Waals surface area contributed by atoms with Crippen LogP contribution in [0.4, 0.5) is 5.69 Å². The Morgan fingerprint density at radius 2 is 2.00 bits per heavy atom. The highest BCUT2D eigenvalue weighted by Crippen LogP contribution is 2.35. The third-order valence-corrected chi connectivity index (χ3v) is 4.85. The number of hydrogen-bond acceptors (Lipinski definition) is 3. The Morgan fingerprint density at radius 3 is 2.71 bits per heavy atom. The van der Waals surface area contributed by atoms with Gasteiger partial charge in [0.05, 0.1) is 17.6 Å². The Morgan fingerprint density at radius 1 is 1.19 bits per heavy atom. The molecule has 2 aromatic carbocycles. The van der Waals surface area contributed by atoms with Gasteiger partial charge in [-0.05, 0) is 51.8 Å². The van der Waals surface area contributed by atoms with Crippen LogP contribution in [0.15, 0.2) is 51.9 Å². The van der Waals surface area contributed by atoms with Crippen LogP contribution in [0.1, 0.15) is 11.6 Å². The maximum absolute atomic E-state index is 6.09. The summed E-state index contributed by atoms with van der Waals surface area (Å²) in [7, 11) is 0. The van der Waals surface area contributed by atoms with E-state index in [0.29, 0.717) is 22.5 Å². The van der Waals surface area contributed by atoms with E-state index in [-0.39, 0.29) is 6.04 Å². The summed E-state index contributed by atoms with van der Waals surface area (Å²) in [6.45, 7) is 0.604. The van der Waals surface area contributed by atoms with Crippen LogP contribution in [0, 0.1) is 0 Å². The van der Waals surface area contributed by atoms with Gasteiger partial charge in [0, 0.05) is 15.2 Å². The molecule has 3 rings (SSSR count). The highest BCUT2D eigenvalue weighted by Gasteiger charge is 2.29. The summed E-state index contributed by atoms with van der Waals surface area (Å²) in [5.74, 6) is 0.495. The van der Waals surface area contributed by atoms with Gasteiger partial charge in [0.1, 0.15) is 0 Å². The monoisotopic (exact) mass is 383 g/mol. The van der Waals surface area contributed by atoms with Crippen molar-refractivity contribution in [1.82, 2.24) is 0 Å². The van der Waals surface area contributed by atoms with Gasteiger partial charge >= 0.3 is 0 Å². The molecule has 1 atom stereocenters. The highest BCUT2D eigenvalue weighted by atomic mass is 79.9. The van der Waals surface area contributed by atoms with Crippen molar-refractivity contribution in [3.8, 4) is 0 Å². The van der Waals surface area contributed by atoms with Crippen LogP contribution in [-0.2, 0) is 0 Å². The van der Waals surface area contributed by atoms with Crippen molar-refractivity contribution in [1.29, 1.82) is 0 Å². The summed E-state index contributed by atoms with van der Waals surface area (Å²) in [5, 5.41) is 1.36. The molecule has 1 aliphatic rings. The average Bonchev–Trinajstić information content (AvgIpc) is 2.84. The standard InChI is InChI=1S/C15H12BrCl2N3/c16-12-7-11(4-5-13(12)18)21-14(8-20-15(21)19)9-2-1-3-10(17)6-9/h1-7,14H,8H2,(H2,19,20). The summed E-state index contributed by atoms with van der Waals surface area (Å²) in [4.78, 5) is 6.36. The van der Waals surface area contributed by atoms with Crippen LogP contribution in [0.5, 0.6) is 0 Å². The number of nitrogens with two attached hydrogens (primary N) is 1. The third-order valence-electron chi connectivity index (χ3n) is 3.40. The van der Waals surface area contributed by atoms with Crippen LogP contribution in [0.2, 0.25) is 10.0 Å². The minimum Gasteiger partial charge on any atom is -0.369 e. The SMILES string of the molecule is NC1=NCC(c2cccc(Cl)c2)N1c1ccc(Cl)c(Br)c1. The molecule has 21 heavy (non-hydrogen) atoms. The Hall–Kier alpha value is -1.23. The zero-order valence-electron chi connectivity index (χ0n) is 10.9. The van der Waals surface area contributed by atoms with Gasteiger partial charge in [-0.25, -0.2) is 0 Å². The van der Waals surface area contributed by atoms with Crippen molar-refractivity contribution in [2.24, 2.45) is 10.7 Å². The van der Waals surface area contributed by atoms with Crippen molar-refractivity contribution in [3.05, 3.63) is 62.5 Å². The molecule has 1 heterocycles. The van der Waals surface area contributed by atoms with Crippen molar-refractivity contribution in [3.63, 3.8) is 0 Å². The Kier molecular flexibility index (Phi) is 4.11. The fourth-order valence-corrected chi connectivity index (χ4v) is 3.10. The second kappa shape index (κ2) is 5.87. The van der Waals surface area contributed by atoms with Crippen LogP contribution < -0.4 is 10.6 Å². The van der Waals surface area contributed by atoms with E-state index in [2.05, 4.69) is 20.9 Å². The summed E-state index contributed by atoms with van der Waals surface area (Å²) < 4.78 is 0.825. The molecule has 6 heteroatoms. The lowest BCUT2D eigenvalue weighted by atomic mass is 10.1. The first-order chi connectivity index (χ1) is 10.1. The van der Waals surface area contributed by atoms with Crippen molar-refractivity contribution in [2.45, 2.75) is 6.04 Å². The highest BCUT2D eigenvalue weighted by molar-refractivity contribution is 9.10. The van der Waals surface area contributed by atoms with E-state index >= 15 is 0 Å². The first kappa shape index (κ1) is 14.7. The first-order valence-electron chi connectivity index (χ1n) is 6.36. The molecule has 1 aliphatic heterocycles. The van der Waals surface area contributed by atoms with Crippen LogP contribution >= 0.6 is 39.1 Å². The molecule has 2 N–H and O–H groups in total. The summed E-state index contributed by atoms with van der Waals surface area (Å²) in [6.07, 6.45) is 0. The van der Waals surface area contributed by atoms with Gasteiger partial charge in [-0.1, -0.05) is 35.3 Å². The molecule has 0 fully saturated rings. The lowest BCUT2D eigenvalue weighted by Gasteiger charge is -2.27. The molecule has 0 bridgehead atoms. The molecule has 0 saturated carbocycles. The fraction of sp³-hybridized carbons (Fsp3) is 0.133. The molecule has 0 aliphatic carbocycles. The zero-order valence-corrected chi connectivity index (χ0v) is 14.0. The topological polar surface area (TPSA) is 41.6 Å². The van der Waals surface area contributed by atoms with E-state index in [1.54, 1.807) is 0 Å². The lowest BCUT2D eigenvalue weighted by Crippen LogP contribution is -2.36. The number of hydrogen-bond donors (Lipinski definition) is 1. The second-order valence-corrected chi connectivity index (χ2v) is 6.44. The second-order valence-electron chi connectivity index (χ2n) is 4.74. The Balaban J connectivity index is 2.01. The van der Waals surface area contributed by atoms with E-state index in [9.17, 15) is 0 Å². The van der Waals surface area contributed by atoms with E-state index in [0.717, 1.165) is 15.7 Å². The number of aliphatic imine (C=N–C) groups is 1. The van der Waals surface area contributed by atoms with Crippen LogP contribution in [0.25, 0.3) is 0 Å². The van der Waals surface area contributed by atoms with E-state index in [1.807, 2.05) is 47.4 Å². The number of anilines is 1. The van der Waals surface area contributed by atoms with Gasteiger partial charge in [-0.15, -0.1) is 0 Å². The largest absolute Gasteiger partial charge is 0.369 e. The van der Waals surface area contributed by atoms with Crippen LogP contribution in [0.3, 0.4) is 0 Å². The molecular formula is C15H12BrCl2N3. The lowest BCUT2D eigenvalue weighted by molar-refractivity contribution is 0.768. The third kappa shape index (κ3) is 2.89. The molecular weight excluding hydrogens is 373 g/mol. The average molecular weight is 385 g/mol. The van der Waals surface area contributed by atoms with Gasteiger partial charge in [0.15, 0.2) is 5.96 Å². The number of rotatable bonds is 2.